The second-order valence-corrected chi connectivity index (χ2v) is 11.3. The Morgan fingerprint density at radius 3 is 2.50 bits per heavy atom. The quantitative estimate of drug-likeness (QED) is 0.617. The molecule has 1 saturated carbocycles. The molecule has 1 N–H and O–H groups in total. The third-order valence-corrected chi connectivity index (χ3v) is 8.06. The summed E-state index contributed by atoms with van der Waals surface area (Å²) in [5.41, 5.74) is 1.86. The fraction of sp³-hybridized carbons (Fsp3) is 0.500. The molecule has 0 bridgehead atoms. The summed E-state index contributed by atoms with van der Waals surface area (Å²) in [6.07, 6.45) is -1.99. The standard InChI is InChI=1S/C24H27NO8S/c1-13-4-7-15(8-5-13)34(26,27)25-18-19(21-22(31-21)23-20(18)32-24(2,3)33-23)28-11-14-6-9-16-17(10-14)30-12-29-16/h4-10,18-23,25H,11-12H2,1-3H3/t18-,19-,20+,21+,22+,23+/m1/s1. The number of aryl methyl sites for hydroxylation is 1. The first kappa shape index (κ1) is 22.3. The second kappa shape index (κ2) is 7.91. The highest BCUT2D eigenvalue weighted by Crippen LogP contribution is 2.47. The van der Waals surface area contributed by atoms with Crippen LogP contribution in [0.3, 0.4) is 0 Å². The first-order valence-corrected chi connectivity index (χ1v) is 12.8. The maximum absolute atomic E-state index is 13.3. The molecule has 3 aliphatic heterocycles. The second-order valence-electron chi connectivity index (χ2n) is 9.55. The molecule has 0 aromatic heterocycles. The van der Waals surface area contributed by atoms with Gasteiger partial charge in [-0.05, 0) is 50.6 Å². The minimum Gasteiger partial charge on any atom is -0.454 e. The summed E-state index contributed by atoms with van der Waals surface area (Å²) in [5.74, 6) is 0.500. The lowest BCUT2D eigenvalue weighted by Gasteiger charge is -2.35. The molecular formula is C24H27NO8S. The van der Waals surface area contributed by atoms with Crippen molar-refractivity contribution in [1.82, 2.24) is 4.72 Å². The number of ether oxygens (including phenoxy) is 6. The summed E-state index contributed by atoms with van der Waals surface area (Å²) < 4.78 is 64.7. The van der Waals surface area contributed by atoms with E-state index in [2.05, 4.69) is 4.72 Å². The first-order chi connectivity index (χ1) is 16.2. The van der Waals surface area contributed by atoms with E-state index in [0.29, 0.717) is 11.5 Å². The highest BCUT2D eigenvalue weighted by atomic mass is 32.2. The fourth-order valence-corrected chi connectivity index (χ4v) is 6.18. The molecule has 0 radical (unpaired) electrons. The van der Waals surface area contributed by atoms with Crippen LogP contribution in [0.2, 0.25) is 0 Å². The Hall–Kier alpha value is -2.21. The van der Waals surface area contributed by atoms with Crippen molar-refractivity contribution >= 4 is 10.0 Å². The fourth-order valence-electron chi connectivity index (χ4n) is 4.93. The lowest BCUT2D eigenvalue weighted by atomic mass is 9.88. The normalized spacial score (nSPS) is 32.8. The molecule has 4 aliphatic rings. The molecule has 0 unspecified atom stereocenters. The number of fused-ring (bicyclic) bond motifs is 4. The van der Waals surface area contributed by atoms with Crippen molar-refractivity contribution < 1.29 is 36.8 Å². The summed E-state index contributed by atoms with van der Waals surface area (Å²) in [6, 6.07) is 11.6. The van der Waals surface area contributed by atoms with E-state index in [0.717, 1.165) is 11.1 Å². The zero-order valence-electron chi connectivity index (χ0n) is 19.1. The average molecular weight is 490 g/mol. The Labute approximate surface area is 198 Å². The van der Waals surface area contributed by atoms with E-state index in [4.69, 9.17) is 28.4 Å². The molecular weight excluding hydrogens is 462 g/mol. The molecule has 2 aromatic rings. The zero-order chi connectivity index (χ0) is 23.7. The van der Waals surface area contributed by atoms with Gasteiger partial charge < -0.3 is 28.4 Å². The topological polar surface area (TPSA) is 105 Å². The molecule has 1 aliphatic carbocycles. The van der Waals surface area contributed by atoms with Crippen LogP contribution >= 0.6 is 0 Å². The van der Waals surface area contributed by atoms with E-state index in [1.54, 1.807) is 24.3 Å². The largest absolute Gasteiger partial charge is 0.454 e. The van der Waals surface area contributed by atoms with Gasteiger partial charge in [0, 0.05) is 0 Å². The average Bonchev–Trinajstić information content (AvgIpc) is 3.30. The van der Waals surface area contributed by atoms with Crippen LogP contribution < -0.4 is 14.2 Å². The van der Waals surface area contributed by atoms with E-state index >= 15 is 0 Å². The van der Waals surface area contributed by atoms with Crippen molar-refractivity contribution in [2.24, 2.45) is 0 Å². The van der Waals surface area contributed by atoms with Crippen LogP contribution in [0.1, 0.15) is 25.0 Å². The Morgan fingerprint density at radius 2 is 1.71 bits per heavy atom. The van der Waals surface area contributed by atoms with Crippen molar-refractivity contribution in [3.05, 3.63) is 53.6 Å². The Bertz CT molecular complexity index is 1200. The molecule has 9 nitrogen and oxygen atoms in total. The van der Waals surface area contributed by atoms with Gasteiger partial charge in [-0.2, -0.15) is 0 Å². The van der Waals surface area contributed by atoms with Gasteiger partial charge in [0.1, 0.15) is 30.5 Å². The SMILES string of the molecule is Cc1ccc(S(=O)(=O)N[C@@H]2[C@@H](OCc3ccc4c(c3)OCO4)[C@@H]3O[C@@H]3[C@H]3OC(C)(C)O[C@@H]23)cc1. The molecule has 0 amide bonds. The highest BCUT2D eigenvalue weighted by molar-refractivity contribution is 7.89. The summed E-state index contributed by atoms with van der Waals surface area (Å²) in [6.45, 7) is 5.98. The van der Waals surface area contributed by atoms with Crippen LogP contribution in [-0.2, 0) is 35.6 Å². The smallest absolute Gasteiger partial charge is 0.240 e. The maximum atomic E-state index is 13.3. The summed E-state index contributed by atoms with van der Waals surface area (Å²) in [7, 11) is -3.84. The molecule has 2 aromatic carbocycles. The molecule has 6 rings (SSSR count). The van der Waals surface area contributed by atoms with E-state index in [1.165, 1.54) is 0 Å². The number of epoxide rings is 1. The van der Waals surface area contributed by atoms with E-state index in [1.807, 2.05) is 39.0 Å². The maximum Gasteiger partial charge on any atom is 0.240 e. The predicted molar refractivity (Wildman–Crippen MR) is 119 cm³/mol. The van der Waals surface area contributed by atoms with Gasteiger partial charge in [-0.25, -0.2) is 13.1 Å². The van der Waals surface area contributed by atoms with Crippen LogP contribution in [0, 0.1) is 6.92 Å². The minimum atomic E-state index is -3.84. The summed E-state index contributed by atoms with van der Waals surface area (Å²) >= 11 is 0. The molecule has 10 heteroatoms. The van der Waals surface area contributed by atoms with Crippen molar-refractivity contribution in [3.63, 3.8) is 0 Å². The molecule has 0 spiro atoms. The molecule has 3 fully saturated rings. The number of rotatable bonds is 6. The van der Waals surface area contributed by atoms with Gasteiger partial charge in [0.05, 0.1) is 17.5 Å². The summed E-state index contributed by atoms with van der Waals surface area (Å²) in [4.78, 5) is 0.182. The van der Waals surface area contributed by atoms with Crippen LogP contribution in [0.25, 0.3) is 0 Å². The monoisotopic (exact) mass is 489 g/mol. The number of sulfonamides is 1. The molecule has 2 saturated heterocycles. The highest BCUT2D eigenvalue weighted by Gasteiger charge is 2.67. The van der Waals surface area contributed by atoms with Gasteiger partial charge >= 0.3 is 0 Å². The number of nitrogens with one attached hydrogen (secondary N) is 1. The molecule has 182 valence electrons. The number of hydrogen-bond donors (Lipinski definition) is 1. The first-order valence-electron chi connectivity index (χ1n) is 11.3. The van der Waals surface area contributed by atoms with Crippen molar-refractivity contribution in [3.8, 4) is 11.5 Å². The van der Waals surface area contributed by atoms with Crippen molar-refractivity contribution in [2.75, 3.05) is 6.79 Å². The van der Waals surface area contributed by atoms with Gasteiger partial charge in [-0.1, -0.05) is 23.8 Å². The Kier molecular flexibility index (Phi) is 5.18. The van der Waals surface area contributed by atoms with Crippen molar-refractivity contribution in [2.45, 2.75) is 74.6 Å². The van der Waals surface area contributed by atoms with Crippen LogP contribution in [-0.4, -0.2) is 57.6 Å². The lowest BCUT2D eigenvalue weighted by molar-refractivity contribution is -0.152. The Morgan fingerprint density at radius 1 is 0.971 bits per heavy atom. The lowest BCUT2D eigenvalue weighted by Crippen LogP contribution is -2.61. The van der Waals surface area contributed by atoms with Gasteiger partial charge in [0.25, 0.3) is 0 Å². The van der Waals surface area contributed by atoms with Gasteiger partial charge in [0.2, 0.25) is 16.8 Å². The Balaban J connectivity index is 1.27. The molecule has 3 heterocycles. The van der Waals surface area contributed by atoms with Gasteiger partial charge in [-0.3, -0.25) is 0 Å². The van der Waals surface area contributed by atoms with E-state index in [9.17, 15) is 8.42 Å². The van der Waals surface area contributed by atoms with E-state index < -0.39 is 34.1 Å². The zero-order valence-corrected chi connectivity index (χ0v) is 19.9. The number of hydrogen-bond acceptors (Lipinski definition) is 8. The third-order valence-electron chi connectivity index (χ3n) is 6.58. The van der Waals surface area contributed by atoms with Crippen LogP contribution in [0.15, 0.2) is 47.4 Å². The van der Waals surface area contributed by atoms with Gasteiger partial charge in [0.15, 0.2) is 17.3 Å². The molecule has 6 atom stereocenters. The number of benzene rings is 2. The van der Waals surface area contributed by atoms with Crippen LogP contribution in [0.4, 0.5) is 0 Å². The third kappa shape index (κ3) is 3.98. The van der Waals surface area contributed by atoms with Crippen LogP contribution in [0.5, 0.6) is 11.5 Å². The molecule has 34 heavy (non-hydrogen) atoms. The predicted octanol–water partition coefficient (Wildman–Crippen LogP) is 2.26. The van der Waals surface area contributed by atoms with Crippen molar-refractivity contribution in [1.29, 1.82) is 0 Å². The minimum absolute atomic E-state index is 0.182. The van der Waals surface area contributed by atoms with E-state index in [-0.39, 0.29) is 36.6 Å². The summed E-state index contributed by atoms with van der Waals surface area (Å²) in [5, 5.41) is 0. The van der Waals surface area contributed by atoms with Gasteiger partial charge in [-0.15, -0.1) is 0 Å².